The molecule has 1 aromatic carbocycles. The molecule has 2 aliphatic rings. The van der Waals surface area contributed by atoms with E-state index in [1.165, 1.54) is 11.6 Å². The molecule has 0 bridgehead atoms. The van der Waals surface area contributed by atoms with E-state index in [4.69, 9.17) is 9.47 Å². The lowest BCUT2D eigenvalue weighted by Crippen LogP contribution is -2.26. The van der Waals surface area contributed by atoms with E-state index in [-0.39, 0.29) is 18.6 Å². The summed E-state index contributed by atoms with van der Waals surface area (Å²) in [4.78, 5) is 5.94. The maximum absolute atomic E-state index is 12.7. The van der Waals surface area contributed by atoms with E-state index >= 15 is 0 Å². The zero-order valence-corrected chi connectivity index (χ0v) is 16.6. The van der Waals surface area contributed by atoms with Gasteiger partial charge in [0.15, 0.2) is 0 Å². The van der Waals surface area contributed by atoms with Crippen LogP contribution in [-0.2, 0) is 17.5 Å². The molecule has 0 amide bonds. The zero-order chi connectivity index (χ0) is 21.1. The average Bonchev–Trinajstić information content (AvgIpc) is 3.22. The molecule has 3 heterocycles. The third-order valence-electron chi connectivity index (χ3n) is 5.80. The molecule has 5 nitrogen and oxygen atoms in total. The Morgan fingerprint density at radius 3 is 2.60 bits per heavy atom. The van der Waals surface area contributed by atoms with E-state index in [1.807, 2.05) is 0 Å². The minimum absolute atomic E-state index is 0.0467. The molecule has 0 spiro atoms. The van der Waals surface area contributed by atoms with Crippen LogP contribution in [0.1, 0.15) is 41.9 Å². The molecule has 1 aromatic heterocycles. The lowest BCUT2D eigenvalue weighted by atomic mass is 9.90. The lowest BCUT2D eigenvalue weighted by molar-refractivity contribution is -0.137. The standard InChI is InChI=1S/C22H25F3N2O3/c23-22(24,25)18-2-4-21(26-12-18)30-19-5-8-27(13-19)20-3-1-16(11-17(20)14-28)15-6-9-29-10-7-15/h1-4,11-12,15,19,28H,5-10,13-14H2/t19-/m0/s1. The van der Waals surface area contributed by atoms with Crippen LogP contribution in [0.25, 0.3) is 0 Å². The van der Waals surface area contributed by atoms with Gasteiger partial charge >= 0.3 is 6.18 Å². The topological polar surface area (TPSA) is 54.8 Å². The summed E-state index contributed by atoms with van der Waals surface area (Å²) >= 11 is 0. The van der Waals surface area contributed by atoms with Crippen molar-refractivity contribution in [3.8, 4) is 5.88 Å². The van der Waals surface area contributed by atoms with Gasteiger partial charge in [-0.1, -0.05) is 12.1 Å². The predicted molar refractivity (Wildman–Crippen MR) is 106 cm³/mol. The maximum atomic E-state index is 12.7. The summed E-state index contributed by atoms with van der Waals surface area (Å²) in [5.41, 5.74) is 2.29. The van der Waals surface area contributed by atoms with Crippen LogP contribution < -0.4 is 9.64 Å². The number of hydrogen-bond donors (Lipinski definition) is 1. The van der Waals surface area contributed by atoms with Crippen LogP contribution >= 0.6 is 0 Å². The summed E-state index contributed by atoms with van der Waals surface area (Å²) in [7, 11) is 0. The number of pyridine rings is 1. The first kappa shape index (κ1) is 20.9. The molecule has 1 N–H and O–H groups in total. The van der Waals surface area contributed by atoms with Gasteiger partial charge in [0.05, 0.1) is 18.7 Å². The third-order valence-corrected chi connectivity index (χ3v) is 5.80. The summed E-state index contributed by atoms with van der Waals surface area (Å²) in [6.45, 7) is 2.82. The number of alkyl halides is 3. The average molecular weight is 422 g/mol. The van der Waals surface area contributed by atoms with Crippen LogP contribution in [0.3, 0.4) is 0 Å². The molecule has 0 unspecified atom stereocenters. The molecule has 8 heteroatoms. The molecular formula is C22H25F3N2O3. The van der Waals surface area contributed by atoms with Crippen molar-refractivity contribution in [1.82, 2.24) is 4.98 Å². The van der Waals surface area contributed by atoms with Gasteiger partial charge < -0.3 is 19.5 Å². The van der Waals surface area contributed by atoms with E-state index < -0.39 is 11.7 Å². The van der Waals surface area contributed by atoms with Gasteiger partial charge in [-0.05, 0) is 36.5 Å². The fourth-order valence-corrected chi connectivity index (χ4v) is 4.16. The fourth-order valence-electron chi connectivity index (χ4n) is 4.16. The molecule has 0 aliphatic carbocycles. The number of halogens is 3. The largest absolute Gasteiger partial charge is 0.472 e. The van der Waals surface area contributed by atoms with Gasteiger partial charge in [-0.2, -0.15) is 13.2 Å². The Bertz CT molecular complexity index is 852. The van der Waals surface area contributed by atoms with E-state index in [0.29, 0.717) is 12.5 Å². The van der Waals surface area contributed by atoms with E-state index in [1.54, 1.807) is 0 Å². The Hall–Kier alpha value is -2.32. The number of benzene rings is 1. The summed E-state index contributed by atoms with van der Waals surface area (Å²) in [5, 5.41) is 9.91. The number of rotatable bonds is 5. The van der Waals surface area contributed by atoms with Crippen molar-refractivity contribution in [3.05, 3.63) is 53.2 Å². The Morgan fingerprint density at radius 2 is 1.93 bits per heavy atom. The quantitative estimate of drug-likeness (QED) is 0.785. The molecule has 0 saturated carbocycles. The Balaban J connectivity index is 1.41. The van der Waals surface area contributed by atoms with Crippen molar-refractivity contribution in [2.45, 2.75) is 44.1 Å². The molecular weight excluding hydrogens is 397 g/mol. The number of nitrogens with zero attached hydrogens (tertiary/aromatic N) is 2. The first-order valence-electron chi connectivity index (χ1n) is 10.2. The van der Waals surface area contributed by atoms with E-state index in [2.05, 4.69) is 28.1 Å². The third kappa shape index (κ3) is 4.70. The Labute approximate surface area is 173 Å². The number of anilines is 1. The zero-order valence-electron chi connectivity index (χ0n) is 16.6. The second-order valence-electron chi connectivity index (χ2n) is 7.79. The van der Waals surface area contributed by atoms with Gasteiger partial charge in [0, 0.05) is 49.7 Å². The lowest BCUT2D eigenvalue weighted by Gasteiger charge is -2.26. The monoisotopic (exact) mass is 422 g/mol. The number of aliphatic hydroxyl groups is 1. The van der Waals surface area contributed by atoms with E-state index in [9.17, 15) is 18.3 Å². The molecule has 30 heavy (non-hydrogen) atoms. The maximum Gasteiger partial charge on any atom is 0.417 e. The van der Waals surface area contributed by atoms with Crippen molar-refractivity contribution < 1.29 is 27.8 Å². The number of aromatic nitrogens is 1. The van der Waals surface area contributed by atoms with Gasteiger partial charge in [0.1, 0.15) is 6.10 Å². The Kier molecular flexibility index (Phi) is 6.15. The first-order valence-corrected chi connectivity index (χ1v) is 10.2. The highest BCUT2D eigenvalue weighted by atomic mass is 19.4. The van der Waals surface area contributed by atoms with Crippen LogP contribution in [0.4, 0.5) is 18.9 Å². The first-order chi connectivity index (χ1) is 14.4. The van der Waals surface area contributed by atoms with Crippen molar-refractivity contribution in [3.63, 3.8) is 0 Å². The summed E-state index contributed by atoms with van der Waals surface area (Å²) in [6.07, 6.45) is -1.08. The van der Waals surface area contributed by atoms with Crippen LogP contribution in [0.5, 0.6) is 5.88 Å². The second kappa shape index (κ2) is 8.81. The highest BCUT2D eigenvalue weighted by Crippen LogP contribution is 2.33. The van der Waals surface area contributed by atoms with Crippen LogP contribution in [0.15, 0.2) is 36.5 Å². The summed E-state index contributed by atoms with van der Waals surface area (Å²) in [5.74, 6) is 0.644. The molecule has 2 aromatic rings. The van der Waals surface area contributed by atoms with Gasteiger partial charge in [0.25, 0.3) is 0 Å². The van der Waals surface area contributed by atoms with Crippen LogP contribution in [0, 0.1) is 0 Å². The number of aliphatic hydroxyl groups excluding tert-OH is 1. The van der Waals surface area contributed by atoms with Crippen molar-refractivity contribution in [2.75, 3.05) is 31.2 Å². The normalized spacial score (nSPS) is 20.5. The van der Waals surface area contributed by atoms with Crippen molar-refractivity contribution >= 4 is 5.69 Å². The summed E-state index contributed by atoms with van der Waals surface area (Å²) in [6, 6.07) is 8.49. The molecule has 4 rings (SSSR count). The summed E-state index contributed by atoms with van der Waals surface area (Å²) < 4.78 is 49.2. The highest BCUT2D eigenvalue weighted by molar-refractivity contribution is 5.56. The molecule has 2 saturated heterocycles. The minimum Gasteiger partial charge on any atom is -0.472 e. The number of hydrogen-bond acceptors (Lipinski definition) is 5. The van der Waals surface area contributed by atoms with Gasteiger partial charge in [0.2, 0.25) is 5.88 Å². The van der Waals surface area contributed by atoms with Gasteiger partial charge in [-0.3, -0.25) is 0 Å². The number of ether oxygens (including phenoxy) is 2. The minimum atomic E-state index is -4.41. The van der Waals surface area contributed by atoms with Gasteiger partial charge in [-0.25, -0.2) is 4.98 Å². The molecule has 1 atom stereocenters. The molecule has 2 aliphatic heterocycles. The van der Waals surface area contributed by atoms with Crippen LogP contribution in [0.2, 0.25) is 0 Å². The Morgan fingerprint density at radius 1 is 1.13 bits per heavy atom. The SMILES string of the molecule is OCc1cc(C2CCOCC2)ccc1N1CC[C@H](Oc2ccc(C(F)(F)F)cn2)C1. The molecule has 2 fully saturated rings. The van der Waals surface area contributed by atoms with Crippen LogP contribution in [-0.4, -0.2) is 42.5 Å². The highest BCUT2D eigenvalue weighted by Gasteiger charge is 2.31. The second-order valence-corrected chi connectivity index (χ2v) is 7.79. The van der Waals surface area contributed by atoms with Crippen molar-refractivity contribution in [2.24, 2.45) is 0 Å². The van der Waals surface area contributed by atoms with E-state index in [0.717, 1.165) is 62.5 Å². The predicted octanol–water partition coefficient (Wildman–Crippen LogP) is 4.14. The van der Waals surface area contributed by atoms with Gasteiger partial charge in [-0.15, -0.1) is 0 Å². The molecule has 0 radical (unpaired) electrons. The molecule has 162 valence electrons. The smallest absolute Gasteiger partial charge is 0.417 e. The van der Waals surface area contributed by atoms with Crippen molar-refractivity contribution in [1.29, 1.82) is 0 Å². The fraction of sp³-hybridized carbons (Fsp3) is 0.500.